The molecule has 0 fully saturated rings. The maximum Gasteiger partial charge on any atom is 0.416 e. The molecule has 0 radical (unpaired) electrons. The predicted molar refractivity (Wildman–Crippen MR) is 85.9 cm³/mol. The summed E-state index contributed by atoms with van der Waals surface area (Å²) in [7, 11) is 0. The van der Waals surface area contributed by atoms with Crippen molar-refractivity contribution in [2.75, 3.05) is 0 Å². The van der Waals surface area contributed by atoms with Crippen LogP contribution >= 0.6 is 15.9 Å². The third-order valence-electron chi connectivity index (χ3n) is 3.41. The van der Waals surface area contributed by atoms with Crippen LogP contribution in [0.5, 0.6) is 0 Å². The third-order valence-corrected chi connectivity index (χ3v) is 3.90. The number of imidazole rings is 1. The van der Waals surface area contributed by atoms with Crippen molar-refractivity contribution >= 4 is 15.9 Å². The first-order valence-electron chi connectivity index (χ1n) is 6.87. The van der Waals surface area contributed by atoms with Gasteiger partial charge in [0.05, 0.1) is 5.56 Å². The molecule has 1 heterocycles. The summed E-state index contributed by atoms with van der Waals surface area (Å²) in [4.78, 5) is 4.31. The lowest BCUT2D eigenvalue weighted by Crippen LogP contribution is -2.07. The number of hydrogen-bond donors (Lipinski definition) is 0. The Morgan fingerprint density at radius 1 is 1.04 bits per heavy atom. The average Bonchev–Trinajstić information content (AvgIpc) is 2.95. The minimum absolute atomic E-state index is 0.325. The zero-order valence-electron chi connectivity index (χ0n) is 11.9. The van der Waals surface area contributed by atoms with Crippen molar-refractivity contribution in [3.8, 4) is 11.4 Å². The molecule has 0 bridgehead atoms. The van der Waals surface area contributed by atoms with Crippen molar-refractivity contribution < 1.29 is 13.2 Å². The largest absolute Gasteiger partial charge is 0.416 e. The Hall–Kier alpha value is -2.08. The molecule has 0 aliphatic carbocycles. The molecule has 0 N–H and O–H groups in total. The molecule has 3 rings (SSSR count). The molecule has 2 nitrogen and oxygen atoms in total. The van der Waals surface area contributed by atoms with Crippen molar-refractivity contribution in [3.05, 3.63) is 76.5 Å². The van der Waals surface area contributed by atoms with Gasteiger partial charge in [0, 0.05) is 29.0 Å². The van der Waals surface area contributed by atoms with Gasteiger partial charge in [-0.3, -0.25) is 0 Å². The highest BCUT2D eigenvalue weighted by atomic mass is 79.9. The molecule has 0 amide bonds. The standard InChI is InChI=1S/C17H12BrF3N2/c18-15-6-2-4-13(10-15)16-22-7-8-23(16)11-12-3-1-5-14(9-12)17(19,20)21/h1-10H,11H2. The molecule has 0 saturated carbocycles. The van der Waals surface area contributed by atoms with Gasteiger partial charge in [-0.1, -0.05) is 40.2 Å². The Bertz CT molecular complexity index is 824. The van der Waals surface area contributed by atoms with E-state index in [1.165, 1.54) is 12.1 Å². The molecule has 3 aromatic rings. The van der Waals surface area contributed by atoms with Crippen molar-refractivity contribution in [3.63, 3.8) is 0 Å². The van der Waals surface area contributed by atoms with Crippen LogP contribution in [0.1, 0.15) is 11.1 Å². The Kier molecular flexibility index (Phi) is 4.26. The smallest absolute Gasteiger partial charge is 0.327 e. The molecule has 23 heavy (non-hydrogen) atoms. The minimum Gasteiger partial charge on any atom is -0.327 e. The minimum atomic E-state index is -4.34. The van der Waals surface area contributed by atoms with Crippen LogP contribution in [0.2, 0.25) is 0 Å². The van der Waals surface area contributed by atoms with E-state index in [9.17, 15) is 13.2 Å². The van der Waals surface area contributed by atoms with Crippen LogP contribution < -0.4 is 0 Å². The quantitative estimate of drug-likeness (QED) is 0.596. The average molecular weight is 381 g/mol. The van der Waals surface area contributed by atoms with Gasteiger partial charge in [0.2, 0.25) is 0 Å². The highest BCUT2D eigenvalue weighted by Gasteiger charge is 2.30. The van der Waals surface area contributed by atoms with E-state index >= 15 is 0 Å². The van der Waals surface area contributed by atoms with Crippen LogP contribution in [-0.2, 0) is 12.7 Å². The third kappa shape index (κ3) is 3.64. The first kappa shape index (κ1) is 15.8. The van der Waals surface area contributed by atoms with E-state index in [0.717, 1.165) is 16.1 Å². The molecule has 0 atom stereocenters. The number of alkyl halides is 3. The van der Waals surface area contributed by atoms with Crippen LogP contribution in [0.3, 0.4) is 0 Å². The number of halogens is 4. The van der Waals surface area contributed by atoms with E-state index in [1.54, 1.807) is 18.5 Å². The second-order valence-corrected chi connectivity index (χ2v) is 6.00. The lowest BCUT2D eigenvalue weighted by atomic mass is 10.1. The number of hydrogen-bond acceptors (Lipinski definition) is 1. The number of benzene rings is 2. The molecule has 0 spiro atoms. The molecule has 2 aromatic carbocycles. The van der Waals surface area contributed by atoms with Crippen LogP contribution in [0.15, 0.2) is 65.4 Å². The van der Waals surface area contributed by atoms with E-state index < -0.39 is 11.7 Å². The first-order chi connectivity index (χ1) is 10.9. The summed E-state index contributed by atoms with van der Waals surface area (Å²) in [5, 5.41) is 0. The van der Waals surface area contributed by atoms with Crippen molar-refractivity contribution in [1.29, 1.82) is 0 Å². The fraction of sp³-hybridized carbons (Fsp3) is 0.118. The number of aromatic nitrogens is 2. The van der Waals surface area contributed by atoms with E-state index in [1.807, 2.05) is 28.8 Å². The highest BCUT2D eigenvalue weighted by Crippen LogP contribution is 2.30. The summed E-state index contributed by atoms with van der Waals surface area (Å²) >= 11 is 3.41. The van der Waals surface area contributed by atoms with E-state index in [-0.39, 0.29) is 0 Å². The van der Waals surface area contributed by atoms with Crippen LogP contribution in [0.4, 0.5) is 13.2 Å². The maximum absolute atomic E-state index is 12.8. The molecule has 118 valence electrons. The van der Waals surface area contributed by atoms with Crippen molar-refractivity contribution in [2.24, 2.45) is 0 Å². The summed E-state index contributed by atoms with van der Waals surface area (Å²) in [5.74, 6) is 0.712. The van der Waals surface area contributed by atoms with E-state index in [0.29, 0.717) is 17.9 Å². The summed E-state index contributed by atoms with van der Waals surface area (Å²) in [6, 6.07) is 13.0. The van der Waals surface area contributed by atoms with Gasteiger partial charge in [0.1, 0.15) is 5.82 Å². The van der Waals surface area contributed by atoms with Crippen LogP contribution in [0.25, 0.3) is 11.4 Å². The summed E-state index contributed by atoms with van der Waals surface area (Å²) in [6.45, 7) is 0.325. The second kappa shape index (κ2) is 6.20. The van der Waals surface area contributed by atoms with Crippen LogP contribution in [-0.4, -0.2) is 9.55 Å². The lowest BCUT2D eigenvalue weighted by molar-refractivity contribution is -0.137. The fourth-order valence-corrected chi connectivity index (χ4v) is 2.77. The Morgan fingerprint density at radius 2 is 1.83 bits per heavy atom. The molecule has 1 aromatic heterocycles. The van der Waals surface area contributed by atoms with E-state index in [4.69, 9.17) is 0 Å². The predicted octanol–water partition coefficient (Wildman–Crippen LogP) is 5.38. The molecular weight excluding hydrogens is 369 g/mol. The lowest BCUT2D eigenvalue weighted by Gasteiger charge is -2.11. The van der Waals surface area contributed by atoms with Gasteiger partial charge in [0.25, 0.3) is 0 Å². The molecule has 0 aliphatic rings. The summed E-state index contributed by atoms with van der Waals surface area (Å²) in [6.07, 6.45) is -0.932. The monoisotopic (exact) mass is 380 g/mol. The summed E-state index contributed by atoms with van der Waals surface area (Å²) in [5.41, 5.74) is 0.838. The number of rotatable bonds is 3. The second-order valence-electron chi connectivity index (χ2n) is 5.09. The topological polar surface area (TPSA) is 17.8 Å². The van der Waals surface area contributed by atoms with Gasteiger partial charge < -0.3 is 4.57 Å². The van der Waals surface area contributed by atoms with Crippen molar-refractivity contribution in [2.45, 2.75) is 12.7 Å². The Labute approximate surface area is 139 Å². The summed E-state index contributed by atoms with van der Waals surface area (Å²) < 4.78 is 41.2. The van der Waals surface area contributed by atoms with Gasteiger partial charge in [-0.05, 0) is 29.8 Å². The van der Waals surface area contributed by atoms with Crippen molar-refractivity contribution in [1.82, 2.24) is 9.55 Å². The Morgan fingerprint density at radius 3 is 2.57 bits per heavy atom. The number of nitrogens with zero attached hydrogens (tertiary/aromatic N) is 2. The van der Waals surface area contributed by atoms with Gasteiger partial charge in [0.15, 0.2) is 0 Å². The molecule has 6 heteroatoms. The molecule has 0 unspecified atom stereocenters. The van der Waals surface area contributed by atoms with Gasteiger partial charge in [-0.2, -0.15) is 13.2 Å². The zero-order chi connectivity index (χ0) is 16.4. The first-order valence-corrected chi connectivity index (χ1v) is 7.66. The zero-order valence-corrected chi connectivity index (χ0v) is 13.5. The van der Waals surface area contributed by atoms with E-state index in [2.05, 4.69) is 20.9 Å². The fourth-order valence-electron chi connectivity index (χ4n) is 2.37. The normalized spacial score (nSPS) is 11.7. The molecular formula is C17H12BrF3N2. The van der Waals surface area contributed by atoms with Gasteiger partial charge >= 0.3 is 6.18 Å². The Balaban J connectivity index is 1.92. The SMILES string of the molecule is FC(F)(F)c1cccc(Cn2ccnc2-c2cccc(Br)c2)c1. The van der Waals surface area contributed by atoms with Crippen LogP contribution in [0, 0.1) is 0 Å². The maximum atomic E-state index is 12.8. The molecule has 0 aliphatic heterocycles. The molecule has 0 saturated heterocycles. The van der Waals surface area contributed by atoms with Gasteiger partial charge in [-0.15, -0.1) is 0 Å². The van der Waals surface area contributed by atoms with Gasteiger partial charge in [-0.25, -0.2) is 4.98 Å². The highest BCUT2D eigenvalue weighted by molar-refractivity contribution is 9.10.